The number of hydrogen-bond donors (Lipinski definition) is 1. The topological polar surface area (TPSA) is 96.6 Å². The largest absolute Gasteiger partial charge is 0.490 e. The summed E-state index contributed by atoms with van der Waals surface area (Å²) in [7, 11) is 0. The molecule has 0 radical (unpaired) electrons. The van der Waals surface area contributed by atoms with Crippen LogP contribution in [0.25, 0.3) is 6.08 Å². The number of halogens is 1. The number of ether oxygens (including phenoxy) is 3. The molecule has 0 saturated carbocycles. The molecule has 1 amide bonds. The number of benzene rings is 3. The lowest BCUT2D eigenvalue weighted by molar-refractivity contribution is -0.114. The molecule has 0 bridgehead atoms. The normalized spacial score (nSPS) is 15.5. The van der Waals surface area contributed by atoms with Crippen molar-refractivity contribution in [2.75, 3.05) is 19.8 Å². The van der Waals surface area contributed by atoms with E-state index in [-0.39, 0.29) is 11.4 Å². The van der Waals surface area contributed by atoms with E-state index in [1.54, 1.807) is 30.3 Å². The van der Waals surface area contributed by atoms with Crippen LogP contribution in [0.5, 0.6) is 17.2 Å². The number of nitrogens with one attached hydrogen (secondary N) is 1. The first-order valence-corrected chi connectivity index (χ1v) is 14.4. The van der Waals surface area contributed by atoms with Crippen molar-refractivity contribution in [2.24, 2.45) is 10.1 Å². The molecule has 210 valence electrons. The van der Waals surface area contributed by atoms with E-state index in [2.05, 4.69) is 30.0 Å². The molecule has 0 saturated heterocycles. The summed E-state index contributed by atoms with van der Waals surface area (Å²) >= 11 is 7.53. The predicted molar refractivity (Wildman–Crippen MR) is 165 cm³/mol. The molecule has 3 aromatic rings. The number of nitrogens with zero attached hydrogens (tertiary/aromatic N) is 3. The first-order chi connectivity index (χ1) is 19.9. The van der Waals surface area contributed by atoms with Crippen molar-refractivity contribution >= 4 is 51.4 Å². The summed E-state index contributed by atoms with van der Waals surface area (Å²) in [6.07, 6.45) is 2.55. The molecule has 8 nitrogen and oxygen atoms in total. The summed E-state index contributed by atoms with van der Waals surface area (Å²) < 4.78 is 17.7. The standard InChI is InChI=1S/C31H29ClN4O4S/c1-4-20-14-19(3)15-22(16-20)39-12-13-40-26-11-10-21(18-27(26)38-5-2)17-24-28(33)36-31(34-29(24)37)41-30(35-36)23-8-6-7-9-25(23)32/h6-11,14-18,33H,4-5,12-13H2,1-3H3. The summed E-state index contributed by atoms with van der Waals surface area (Å²) in [5.41, 5.74) is 3.89. The highest BCUT2D eigenvalue weighted by molar-refractivity contribution is 8.27. The first-order valence-electron chi connectivity index (χ1n) is 13.2. The Morgan fingerprint density at radius 1 is 1.00 bits per heavy atom. The van der Waals surface area contributed by atoms with Crippen molar-refractivity contribution in [1.82, 2.24) is 5.01 Å². The van der Waals surface area contributed by atoms with E-state index < -0.39 is 5.91 Å². The molecule has 2 heterocycles. The first kappa shape index (κ1) is 28.4. The molecule has 10 heteroatoms. The molecule has 0 spiro atoms. The molecule has 2 aliphatic rings. The van der Waals surface area contributed by atoms with Gasteiger partial charge in [0.15, 0.2) is 17.3 Å². The lowest BCUT2D eigenvalue weighted by Gasteiger charge is -2.20. The minimum atomic E-state index is -0.512. The smallest absolute Gasteiger partial charge is 0.283 e. The van der Waals surface area contributed by atoms with Gasteiger partial charge in [-0.25, -0.2) is 0 Å². The maximum absolute atomic E-state index is 12.9. The van der Waals surface area contributed by atoms with Crippen LogP contribution in [0.3, 0.4) is 0 Å². The van der Waals surface area contributed by atoms with E-state index in [0.29, 0.717) is 57.7 Å². The summed E-state index contributed by atoms with van der Waals surface area (Å²) in [6, 6.07) is 18.9. The van der Waals surface area contributed by atoms with Gasteiger partial charge in [-0.3, -0.25) is 10.2 Å². The highest BCUT2D eigenvalue weighted by Crippen LogP contribution is 2.34. The van der Waals surface area contributed by atoms with Gasteiger partial charge in [0.05, 0.1) is 17.2 Å². The molecule has 3 aromatic carbocycles. The Kier molecular flexibility index (Phi) is 8.75. The monoisotopic (exact) mass is 588 g/mol. The van der Waals surface area contributed by atoms with Gasteiger partial charge in [0.1, 0.15) is 24.0 Å². The lowest BCUT2D eigenvalue weighted by Crippen LogP contribution is -2.35. The second kappa shape index (κ2) is 12.6. The molecule has 0 aromatic heterocycles. The Balaban J connectivity index is 1.29. The Labute approximate surface area is 248 Å². The van der Waals surface area contributed by atoms with Gasteiger partial charge in [-0.15, -0.1) is 0 Å². The van der Waals surface area contributed by atoms with E-state index in [1.807, 2.05) is 37.3 Å². The second-order valence-electron chi connectivity index (χ2n) is 9.25. The van der Waals surface area contributed by atoms with E-state index >= 15 is 0 Å². The molecule has 5 rings (SSSR count). The third kappa shape index (κ3) is 6.47. The highest BCUT2D eigenvalue weighted by atomic mass is 35.5. The lowest BCUT2D eigenvalue weighted by atomic mass is 10.1. The second-order valence-corrected chi connectivity index (χ2v) is 10.6. The number of fused-ring (bicyclic) bond motifs is 1. The molecule has 0 fully saturated rings. The molecule has 0 aliphatic carbocycles. The van der Waals surface area contributed by atoms with Crippen LogP contribution in [0.4, 0.5) is 0 Å². The molecule has 41 heavy (non-hydrogen) atoms. The summed E-state index contributed by atoms with van der Waals surface area (Å²) in [6.45, 7) is 7.19. The predicted octanol–water partition coefficient (Wildman–Crippen LogP) is 6.73. The average Bonchev–Trinajstić information content (AvgIpc) is 3.38. The highest BCUT2D eigenvalue weighted by Gasteiger charge is 2.36. The van der Waals surface area contributed by atoms with Crippen LogP contribution in [0, 0.1) is 12.3 Å². The maximum atomic E-state index is 12.9. The molecule has 1 N–H and O–H groups in total. The third-order valence-electron chi connectivity index (χ3n) is 6.27. The summed E-state index contributed by atoms with van der Waals surface area (Å²) in [4.78, 5) is 17.1. The van der Waals surface area contributed by atoms with Crippen LogP contribution in [0.2, 0.25) is 5.02 Å². The number of carbonyl (C=O) groups excluding carboxylic acids is 1. The third-order valence-corrected chi connectivity index (χ3v) is 7.54. The van der Waals surface area contributed by atoms with Gasteiger partial charge in [0, 0.05) is 5.56 Å². The number of hydrogen-bond acceptors (Lipinski definition) is 7. The number of carbonyl (C=O) groups is 1. The molecular formula is C31H29ClN4O4S. The van der Waals surface area contributed by atoms with Crippen LogP contribution in [-0.4, -0.2) is 46.8 Å². The van der Waals surface area contributed by atoms with Crippen molar-refractivity contribution < 1.29 is 19.0 Å². The van der Waals surface area contributed by atoms with E-state index in [0.717, 1.165) is 17.7 Å². The van der Waals surface area contributed by atoms with Gasteiger partial charge in [0.2, 0.25) is 5.17 Å². The zero-order chi connectivity index (χ0) is 28.9. The molecule has 0 unspecified atom stereocenters. The number of aliphatic imine (C=N–C) groups is 1. The number of hydrazone groups is 1. The fraction of sp³-hybridized carbons (Fsp3) is 0.226. The van der Waals surface area contributed by atoms with Crippen LogP contribution >= 0.6 is 23.4 Å². The maximum Gasteiger partial charge on any atom is 0.283 e. The molecular weight excluding hydrogens is 560 g/mol. The summed E-state index contributed by atoms with van der Waals surface area (Å²) in [5, 5.41) is 16.0. The zero-order valence-electron chi connectivity index (χ0n) is 22.9. The van der Waals surface area contributed by atoms with Crippen molar-refractivity contribution in [2.45, 2.75) is 27.2 Å². The zero-order valence-corrected chi connectivity index (χ0v) is 24.5. The van der Waals surface area contributed by atoms with Crippen molar-refractivity contribution in [3.8, 4) is 17.2 Å². The van der Waals surface area contributed by atoms with Crippen LogP contribution < -0.4 is 14.2 Å². The van der Waals surface area contributed by atoms with Gasteiger partial charge >= 0.3 is 0 Å². The van der Waals surface area contributed by atoms with Gasteiger partial charge in [-0.2, -0.15) is 15.1 Å². The Bertz CT molecular complexity index is 1600. The van der Waals surface area contributed by atoms with Crippen LogP contribution in [0.15, 0.2) is 76.3 Å². The van der Waals surface area contributed by atoms with Crippen LogP contribution in [-0.2, 0) is 11.2 Å². The van der Waals surface area contributed by atoms with Crippen molar-refractivity contribution in [3.05, 3.63) is 93.5 Å². The van der Waals surface area contributed by atoms with Gasteiger partial charge in [0.25, 0.3) is 5.91 Å². The number of rotatable bonds is 10. The average molecular weight is 589 g/mol. The number of amides is 1. The van der Waals surface area contributed by atoms with E-state index in [9.17, 15) is 4.79 Å². The number of thioether (sulfide) groups is 1. The minimum Gasteiger partial charge on any atom is -0.490 e. The number of amidine groups is 2. The fourth-order valence-electron chi connectivity index (χ4n) is 4.33. The van der Waals surface area contributed by atoms with Gasteiger partial charge in [-0.05, 0) is 85.1 Å². The SMILES string of the molecule is CCOc1cc(C=C2C(=N)N3N=C(c4ccccc4Cl)SC3=NC2=O)ccc1OCCOc1cc(C)cc(CC)c1. The van der Waals surface area contributed by atoms with Crippen molar-refractivity contribution in [1.29, 1.82) is 5.41 Å². The Hall–Kier alpha value is -4.08. The van der Waals surface area contributed by atoms with Gasteiger partial charge < -0.3 is 14.2 Å². The van der Waals surface area contributed by atoms with E-state index in [1.165, 1.54) is 22.3 Å². The van der Waals surface area contributed by atoms with E-state index in [4.69, 9.17) is 31.2 Å². The summed E-state index contributed by atoms with van der Waals surface area (Å²) in [5.74, 6) is 1.34. The fourth-order valence-corrected chi connectivity index (χ4v) is 5.54. The molecule has 2 aliphatic heterocycles. The Morgan fingerprint density at radius 3 is 2.59 bits per heavy atom. The van der Waals surface area contributed by atoms with Crippen molar-refractivity contribution in [3.63, 3.8) is 0 Å². The quantitative estimate of drug-likeness (QED) is 0.208. The Morgan fingerprint density at radius 2 is 1.80 bits per heavy atom. The van der Waals surface area contributed by atoms with Gasteiger partial charge in [-0.1, -0.05) is 48.9 Å². The van der Waals surface area contributed by atoms with Crippen LogP contribution in [0.1, 0.15) is 36.1 Å². The molecule has 0 atom stereocenters. The minimum absolute atomic E-state index is 0.0626. The number of aryl methyl sites for hydroxylation is 2.